The first kappa shape index (κ1) is 10.4. The van der Waals surface area contributed by atoms with E-state index in [1.807, 2.05) is 0 Å². The predicted molar refractivity (Wildman–Crippen MR) is 57.8 cm³/mol. The van der Waals surface area contributed by atoms with Gasteiger partial charge in [0.05, 0.1) is 0 Å². The molecule has 1 heterocycles. The SMILES string of the molecule is CC(C)CSCC1CCCNC1. The van der Waals surface area contributed by atoms with E-state index in [2.05, 4.69) is 30.9 Å². The quantitative estimate of drug-likeness (QED) is 0.725. The Morgan fingerprint density at radius 3 is 2.92 bits per heavy atom. The summed E-state index contributed by atoms with van der Waals surface area (Å²) in [5.41, 5.74) is 0. The zero-order valence-electron chi connectivity index (χ0n) is 8.31. The third kappa shape index (κ3) is 4.36. The average molecular weight is 187 g/mol. The average Bonchev–Trinajstić information content (AvgIpc) is 2.05. The predicted octanol–water partition coefficient (Wildman–Crippen LogP) is 2.38. The monoisotopic (exact) mass is 187 g/mol. The maximum absolute atomic E-state index is 3.46. The zero-order chi connectivity index (χ0) is 8.81. The van der Waals surface area contributed by atoms with Gasteiger partial charge in [-0.1, -0.05) is 13.8 Å². The number of thioether (sulfide) groups is 1. The molecule has 72 valence electrons. The van der Waals surface area contributed by atoms with Crippen LogP contribution in [-0.2, 0) is 0 Å². The van der Waals surface area contributed by atoms with Crippen LogP contribution in [0.3, 0.4) is 0 Å². The molecule has 0 saturated carbocycles. The number of hydrogen-bond donors (Lipinski definition) is 1. The summed E-state index contributed by atoms with van der Waals surface area (Å²) in [6.07, 6.45) is 2.82. The molecule has 0 bridgehead atoms. The molecule has 0 aromatic rings. The van der Waals surface area contributed by atoms with E-state index in [9.17, 15) is 0 Å². The highest BCUT2D eigenvalue weighted by atomic mass is 32.2. The first-order valence-electron chi connectivity index (χ1n) is 5.07. The van der Waals surface area contributed by atoms with Crippen LogP contribution in [0.2, 0.25) is 0 Å². The minimum absolute atomic E-state index is 0.853. The van der Waals surface area contributed by atoms with Crippen molar-refractivity contribution in [3.05, 3.63) is 0 Å². The first-order chi connectivity index (χ1) is 5.79. The van der Waals surface area contributed by atoms with Crippen molar-refractivity contribution in [2.75, 3.05) is 24.6 Å². The van der Waals surface area contributed by atoms with Crippen LogP contribution in [0.25, 0.3) is 0 Å². The molecular formula is C10H21NS. The molecule has 1 nitrogen and oxygen atoms in total. The van der Waals surface area contributed by atoms with E-state index in [0.717, 1.165) is 11.8 Å². The van der Waals surface area contributed by atoms with E-state index in [1.54, 1.807) is 0 Å². The largest absolute Gasteiger partial charge is 0.316 e. The van der Waals surface area contributed by atoms with E-state index in [0.29, 0.717) is 0 Å². The molecule has 1 aliphatic heterocycles. The van der Waals surface area contributed by atoms with E-state index in [1.165, 1.54) is 37.4 Å². The summed E-state index contributed by atoms with van der Waals surface area (Å²) in [5, 5.41) is 3.46. The Labute approximate surface area is 80.7 Å². The van der Waals surface area contributed by atoms with Gasteiger partial charge in [0.25, 0.3) is 0 Å². The molecule has 1 aliphatic rings. The number of rotatable bonds is 4. The van der Waals surface area contributed by atoms with Gasteiger partial charge in [0.2, 0.25) is 0 Å². The smallest absolute Gasteiger partial charge is 0.00126 e. The van der Waals surface area contributed by atoms with Crippen molar-refractivity contribution in [3.63, 3.8) is 0 Å². The maximum atomic E-state index is 3.46. The Balaban J connectivity index is 1.98. The van der Waals surface area contributed by atoms with Crippen LogP contribution in [0.1, 0.15) is 26.7 Å². The molecule has 1 atom stereocenters. The van der Waals surface area contributed by atoms with Crippen molar-refractivity contribution in [1.29, 1.82) is 0 Å². The molecule has 0 aromatic carbocycles. The topological polar surface area (TPSA) is 12.0 Å². The van der Waals surface area contributed by atoms with Gasteiger partial charge < -0.3 is 5.32 Å². The second-order valence-electron chi connectivity index (χ2n) is 4.14. The molecule has 0 aromatic heterocycles. The van der Waals surface area contributed by atoms with E-state index < -0.39 is 0 Å². The molecule has 0 spiro atoms. The van der Waals surface area contributed by atoms with Crippen LogP contribution >= 0.6 is 11.8 Å². The highest BCUT2D eigenvalue weighted by Crippen LogP contribution is 2.17. The second-order valence-corrected chi connectivity index (χ2v) is 5.22. The van der Waals surface area contributed by atoms with Gasteiger partial charge in [-0.3, -0.25) is 0 Å². The lowest BCUT2D eigenvalue weighted by molar-refractivity contribution is 0.410. The van der Waals surface area contributed by atoms with Crippen LogP contribution in [-0.4, -0.2) is 24.6 Å². The number of piperidine rings is 1. The molecule has 1 unspecified atom stereocenters. The Bertz CT molecular complexity index is 108. The van der Waals surface area contributed by atoms with Gasteiger partial charge in [-0.05, 0) is 49.3 Å². The fraction of sp³-hybridized carbons (Fsp3) is 1.00. The number of hydrogen-bond acceptors (Lipinski definition) is 2. The standard InChI is InChI=1S/C10H21NS/c1-9(2)7-12-8-10-4-3-5-11-6-10/h9-11H,3-8H2,1-2H3. The molecule has 1 rings (SSSR count). The molecule has 1 fully saturated rings. The maximum Gasteiger partial charge on any atom is -0.00126 e. The lowest BCUT2D eigenvalue weighted by atomic mass is 10.0. The van der Waals surface area contributed by atoms with E-state index >= 15 is 0 Å². The van der Waals surface area contributed by atoms with Crippen molar-refractivity contribution in [2.45, 2.75) is 26.7 Å². The summed E-state index contributed by atoms with van der Waals surface area (Å²) in [7, 11) is 0. The first-order valence-corrected chi connectivity index (χ1v) is 6.23. The minimum Gasteiger partial charge on any atom is -0.316 e. The summed E-state index contributed by atoms with van der Waals surface area (Å²) < 4.78 is 0. The summed E-state index contributed by atoms with van der Waals surface area (Å²) in [6, 6.07) is 0. The van der Waals surface area contributed by atoms with Crippen molar-refractivity contribution >= 4 is 11.8 Å². The van der Waals surface area contributed by atoms with Gasteiger partial charge in [-0.15, -0.1) is 0 Å². The van der Waals surface area contributed by atoms with Crippen LogP contribution in [0.4, 0.5) is 0 Å². The van der Waals surface area contributed by atoms with Crippen molar-refractivity contribution in [1.82, 2.24) is 5.32 Å². The Kier molecular flexibility index (Phi) is 5.08. The van der Waals surface area contributed by atoms with Crippen molar-refractivity contribution < 1.29 is 0 Å². The Morgan fingerprint density at radius 1 is 1.50 bits per heavy atom. The Hall–Kier alpha value is 0.310. The molecule has 0 aliphatic carbocycles. The summed E-state index contributed by atoms with van der Waals surface area (Å²) in [4.78, 5) is 0. The second kappa shape index (κ2) is 5.87. The van der Waals surface area contributed by atoms with Crippen LogP contribution < -0.4 is 5.32 Å². The third-order valence-electron chi connectivity index (χ3n) is 2.20. The molecule has 0 amide bonds. The molecular weight excluding hydrogens is 166 g/mol. The van der Waals surface area contributed by atoms with E-state index in [4.69, 9.17) is 0 Å². The normalized spacial score (nSPS) is 24.8. The van der Waals surface area contributed by atoms with Gasteiger partial charge >= 0.3 is 0 Å². The van der Waals surface area contributed by atoms with Crippen molar-refractivity contribution in [3.8, 4) is 0 Å². The van der Waals surface area contributed by atoms with E-state index in [-0.39, 0.29) is 0 Å². The Morgan fingerprint density at radius 2 is 2.33 bits per heavy atom. The number of nitrogens with one attached hydrogen (secondary N) is 1. The minimum atomic E-state index is 0.853. The molecule has 1 saturated heterocycles. The lowest BCUT2D eigenvalue weighted by Crippen LogP contribution is -2.31. The molecule has 1 N–H and O–H groups in total. The molecule has 0 radical (unpaired) electrons. The van der Waals surface area contributed by atoms with Gasteiger partial charge in [0.15, 0.2) is 0 Å². The third-order valence-corrected chi connectivity index (χ3v) is 3.81. The van der Waals surface area contributed by atoms with Gasteiger partial charge in [0, 0.05) is 0 Å². The fourth-order valence-corrected chi connectivity index (χ4v) is 2.76. The lowest BCUT2D eigenvalue weighted by Gasteiger charge is -2.22. The zero-order valence-corrected chi connectivity index (χ0v) is 9.12. The van der Waals surface area contributed by atoms with Gasteiger partial charge in [-0.2, -0.15) is 11.8 Å². The van der Waals surface area contributed by atoms with Crippen molar-refractivity contribution in [2.24, 2.45) is 11.8 Å². The summed E-state index contributed by atoms with van der Waals surface area (Å²) >= 11 is 2.13. The van der Waals surface area contributed by atoms with Crippen LogP contribution in [0.5, 0.6) is 0 Å². The summed E-state index contributed by atoms with van der Waals surface area (Å²) in [6.45, 7) is 7.09. The van der Waals surface area contributed by atoms with Crippen LogP contribution in [0.15, 0.2) is 0 Å². The molecule has 12 heavy (non-hydrogen) atoms. The summed E-state index contributed by atoms with van der Waals surface area (Å²) in [5.74, 6) is 4.50. The molecule has 2 heteroatoms. The fourth-order valence-electron chi connectivity index (χ4n) is 1.54. The van der Waals surface area contributed by atoms with Gasteiger partial charge in [0.1, 0.15) is 0 Å². The highest BCUT2D eigenvalue weighted by Gasteiger charge is 2.12. The van der Waals surface area contributed by atoms with Gasteiger partial charge in [-0.25, -0.2) is 0 Å². The van der Waals surface area contributed by atoms with Crippen LogP contribution in [0, 0.1) is 11.8 Å². The highest BCUT2D eigenvalue weighted by molar-refractivity contribution is 7.99.